The molecule has 2 amide bonds. The molecule has 0 aliphatic carbocycles. The number of hydrogen-bond acceptors (Lipinski definition) is 7. The topological polar surface area (TPSA) is 89.5 Å². The van der Waals surface area contributed by atoms with Crippen molar-refractivity contribution in [2.24, 2.45) is 0 Å². The first-order valence-corrected chi connectivity index (χ1v) is 13.0. The molecule has 0 bridgehead atoms. The number of pyridine rings is 1. The van der Waals surface area contributed by atoms with Crippen molar-refractivity contribution in [2.75, 3.05) is 51.3 Å². The highest BCUT2D eigenvalue weighted by molar-refractivity contribution is 6.35. The second-order valence-corrected chi connectivity index (χ2v) is 10.5. The number of rotatable bonds is 3. The lowest BCUT2D eigenvalue weighted by Crippen LogP contribution is -2.58. The molecule has 0 radical (unpaired) electrons. The quantitative estimate of drug-likeness (QED) is 0.595. The van der Waals surface area contributed by atoms with E-state index in [4.69, 9.17) is 21.3 Å². The van der Waals surface area contributed by atoms with E-state index in [0.29, 0.717) is 32.0 Å². The molecule has 9 nitrogen and oxygen atoms in total. The van der Waals surface area contributed by atoms with Crippen molar-refractivity contribution >= 4 is 29.2 Å². The summed E-state index contributed by atoms with van der Waals surface area (Å²) in [5.74, 6) is -1.08. The molecule has 5 rings (SSSR count). The fourth-order valence-corrected chi connectivity index (χ4v) is 5.78. The van der Waals surface area contributed by atoms with Gasteiger partial charge in [-0.2, -0.15) is 0 Å². The number of nitrogens with zero attached hydrogens (tertiary/aromatic N) is 5. The Morgan fingerprint density at radius 1 is 1.21 bits per heavy atom. The zero-order valence-electron chi connectivity index (χ0n) is 21.7. The number of anilines is 1. The minimum atomic E-state index is -0.693. The van der Waals surface area contributed by atoms with Gasteiger partial charge in [0.2, 0.25) is 5.91 Å². The van der Waals surface area contributed by atoms with E-state index in [-0.39, 0.29) is 70.4 Å². The van der Waals surface area contributed by atoms with Crippen LogP contribution in [0.25, 0.3) is 11.3 Å². The summed E-state index contributed by atoms with van der Waals surface area (Å²) in [5, 5.41) is 10.5. The number of halogens is 2. The van der Waals surface area contributed by atoms with Gasteiger partial charge < -0.3 is 24.5 Å². The van der Waals surface area contributed by atoms with E-state index in [1.165, 1.54) is 24.3 Å². The number of benzene rings is 1. The first-order valence-electron chi connectivity index (χ1n) is 12.7. The molecule has 4 heterocycles. The number of fused-ring (bicyclic) bond motifs is 2. The molecule has 38 heavy (non-hydrogen) atoms. The van der Waals surface area contributed by atoms with Crippen molar-refractivity contribution in [1.29, 1.82) is 0 Å². The molecule has 11 heteroatoms. The smallest absolute Gasteiger partial charge is 0.261 e. The predicted molar refractivity (Wildman–Crippen MR) is 142 cm³/mol. The SMILES string of the molecule is C=CC(=O)N1CCN2C(=O)c3c(N4C[C@@H](C)N(C)[C@@H](C)C4)nc(-c4c(O)cccc4F)c(Cl)c3OC[C@H]2C1. The average molecular weight is 544 g/mol. The summed E-state index contributed by atoms with van der Waals surface area (Å²) < 4.78 is 21.2. The molecule has 2 aromatic rings. The van der Waals surface area contributed by atoms with Gasteiger partial charge in [-0.3, -0.25) is 14.5 Å². The van der Waals surface area contributed by atoms with Crippen LogP contribution >= 0.6 is 11.6 Å². The van der Waals surface area contributed by atoms with Crippen LogP contribution in [0.2, 0.25) is 5.02 Å². The number of phenols is 1. The second-order valence-electron chi connectivity index (χ2n) is 10.2. The van der Waals surface area contributed by atoms with Gasteiger partial charge in [-0.05, 0) is 39.1 Å². The maximum absolute atomic E-state index is 15.0. The minimum absolute atomic E-state index is 0.00591. The summed E-state index contributed by atoms with van der Waals surface area (Å²) in [6.45, 7) is 9.93. The Hall–Kier alpha value is -3.37. The lowest BCUT2D eigenvalue weighted by Gasteiger charge is -2.44. The zero-order valence-corrected chi connectivity index (χ0v) is 22.4. The zero-order chi connectivity index (χ0) is 27.3. The Morgan fingerprint density at radius 3 is 2.58 bits per heavy atom. The molecule has 3 aliphatic rings. The van der Waals surface area contributed by atoms with Gasteiger partial charge in [0.05, 0.1) is 11.6 Å². The normalized spacial score (nSPS) is 23.9. The Morgan fingerprint density at radius 2 is 1.92 bits per heavy atom. The van der Waals surface area contributed by atoms with E-state index < -0.39 is 11.9 Å². The number of carbonyl (C=O) groups excluding carboxylic acids is 2. The Bertz CT molecular complexity index is 1270. The minimum Gasteiger partial charge on any atom is -0.507 e. The fourth-order valence-electron chi connectivity index (χ4n) is 5.49. The molecule has 1 aromatic carbocycles. The van der Waals surface area contributed by atoms with Gasteiger partial charge in [-0.1, -0.05) is 24.2 Å². The summed E-state index contributed by atoms with van der Waals surface area (Å²) in [4.78, 5) is 38.7. The van der Waals surface area contributed by atoms with Crippen molar-refractivity contribution in [3.63, 3.8) is 0 Å². The monoisotopic (exact) mass is 543 g/mol. The van der Waals surface area contributed by atoms with Crippen LogP contribution in [0.4, 0.5) is 10.2 Å². The highest BCUT2D eigenvalue weighted by atomic mass is 35.5. The van der Waals surface area contributed by atoms with Gasteiger partial charge in [-0.15, -0.1) is 0 Å². The summed E-state index contributed by atoms with van der Waals surface area (Å²) >= 11 is 6.79. The van der Waals surface area contributed by atoms with Crippen molar-refractivity contribution < 1.29 is 23.8 Å². The number of phenolic OH excluding ortho intramolecular Hbond substituents is 1. The van der Waals surface area contributed by atoms with Crippen molar-refractivity contribution in [1.82, 2.24) is 19.7 Å². The Labute approximate surface area is 226 Å². The van der Waals surface area contributed by atoms with Crippen molar-refractivity contribution in [3.8, 4) is 22.8 Å². The summed E-state index contributed by atoms with van der Waals surface area (Å²) in [5.41, 5.74) is 0.0634. The highest BCUT2D eigenvalue weighted by Crippen LogP contribution is 2.46. The molecule has 1 N–H and O–H groups in total. The second kappa shape index (κ2) is 10.1. The van der Waals surface area contributed by atoms with Crippen LogP contribution in [-0.2, 0) is 4.79 Å². The first kappa shape index (κ1) is 26.2. The van der Waals surface area contributed by atoms with E-state index in [1.807, 2.05) is 11.9 Å². The van der Waals surface area contributed by atoms with Gasteiger partial charge >= 0.3 is 0 Å². The molecule has 0 saturated carbocycles. The Kier molecular flexibility index (Phi) is 6.96. The molecule has 0 unspecified atom stereocenters. The van der Waals surface area contributed by atoms with E-state index in [9.17, 15) is 14.7 Å². The van der Waals surface area contributed by atoms with Crippen LogP contribution in [0, 0.1) is 5.82 Å². The van der Waals surface area contributed by atoms with E-state index in [1.54, 1.807) is 9.80 Å². The summed E-state index contributed by atoms with van der Waals surface area (Å²) in [7, 11) is 2.05. The largest absolute Gasteiger partial charge is 0.507 e. The number of aromatic hydroxyl groups is 1. The number of amides is 2. The molecule has 1 aromatic heterocycles. The summed E-state index contributed by atoms with van der Waals surface area (Å²) in [6.07, 6.45) is 1.26. The van der Waals surface area contributed by atoms with Crippen molar-refractivity contribution in [2.45, 2.75) is 32.0 Å². The predicted octanol–water partition coefficient (Wildman–Crippen LogP) is 3.01. The van der Waals surface area contributed by atoms with Crippen LogP contribution in [0.5, 0.6) is 11.5 Å². The van der Waals surface area contributed by atoms with E-state index >= 15 is 4.39 Å². The highest BCUT2D eigenvalue weighted by Gasteiger charge is 2.41. The van der Waals surface area contributed by atoms with Crippen molar-refractivity contribution in [3.05, 3.63) is 47.3 Å². The summed E-state index contributed by atoms with van der Waals surface area (Å²) in [6, 6.07) is 3.87. The maximum atomic E-state index is 15.0. The molecule has 3 atom stereocenters. The number of carbonyl (C=O) groups is 2. The maximum Gasteiger partial charge on any atom is 0.261 e. The van der Waals surface area contributed by atoms with Gasteiger partial charge in [0.15, 0.2) is 5.75 Å². The van der Waals surface area contributed by atoms with Crippen LogP contribution < -0.4 is 9.64 Å². The number of piperazine rings is 2. The lowest BCUT2D eigenvalue weighted by molar-refractivity contribution is -0.128. The standard InChI is InChI=1S/C27H31ClFN5O4/c1-5-20(36)32-9-10-34-17(13-32)14-38-25-22(27(34)37)26(33-11-15(2)31(4)16(3)12-33)30-24(23(25)28)21-18(29)7-6-8-19(21)35/h5-8,15-17,35H,1,9-14H2,2-4H3/t15-,16+,17-/m1/s1. The lowest BCUT2D eigenvalue weighted by atomic mass is 10.0. The molecular formula is C27H31ClFN5O4. The van der Waals surface area contributed by atoms with Crippen LogP contribution in [0.15, 0.2) is 30.9 Å². The fraction of sp³-hybridized carbons (Fsp3) is 0.444. The molecule has 3 aliphatic heterocycles. The molecule has 2 saturated heterocycles. The van der Waals surface area contributed by atoms with Crippen LogP contribution in [0.1, 0.15) is 24.2 Å². The number of hydrogen-bond donors (Lipinski definition) is 1. The first-order chi connectivity index (χ1) is 18.1. The van der Waals surface area contributed by atoms with Gasteiger partial charge in [-0.25, -0.2) is 9.37 Å². The van der Waals surface area contributed by atoms with E-state index in [2.05, 4.69) is 25.3 Å². The molecule has 0 spiro atoms. The molecule has 2 fully saturated rings. The van der Waals surface area contributed by atoms with Crippen LogP contribution in [0.3, 0.4) is 0 Å². The van der Waals surface area contributed by atoms with Crippen LogP contribution in [-0.4, -0.2) is 101 Å². The van der Waals surface area contributed by atoms with Gasteiger partial charge in [0, 0.05) is 44.8 Å². The number of aromatic nitrogens is 1. The average Bonchev–Trinajstić information content (AvgIpc) is 3.04. The number of ether oxygens (including phenoxy) is 1. The third-order valence-corrected chi connectivity index (χ3v) is 8.18. The number of likely N-dealkylation sites (N-methyl/N-ethyl adjacent to an activating group) is 1. The third kappa shape index (κ3) is 4.35. The molecular weight excluding hydrogens is 513 g/mol. The van der Waals surface area contributed by atoms with Gasteiger partial charge in [0.1, 0.15) is 40.3 Å². The van der Waals surface area contributed by atoms with Gasteiger partial charge in [0.25, 0.3) is 5.91 Å². The van der Waals surface area contributed by atoms with E-state index in [0.717, 1.165) is 0 Å². The third-order valence-electron chi connectivity index (χ3n) is 7.83. The molecule has 202 valence electrons. The Balaban J connectivity index is 1.67.